The molecule has 18 heavy (non-hydrogen) atoms. The lowest BCUT2D eigenvalue weighted by atomic mass is 10.2. The van der Waals surface area contributed by atoms with Gasteiger partial charge in [-0.05, 0) is 18.6 Å². The van der Waals surface area contributed by atoms with E-state index in [2.05, 4.69) is 4.98 Å². The highest BCUT2D eigenvalue weighted by Crippen LogP contribution is 2.11. The van der Waals surface area contributed by atoms with Gasteiger partial charge >= 0.3 is 11.6 Å². The second-order valence-corrected chi connectivity index (χ2v) is 3.79. The lowest BCUT2D eigenvalue weighted by Gasteiger charge is -2.05. The Morgan fingerprint density at radius 3 is 3.11 bits per heavy atom. The molecule has 0 fully saturated rings. The molecular weight excluding hydrogens is 236 g/mol. The van der Waals surface area contributed by atoms with Crippen molar-refractivity contribution in [1.29, 1.82) is 0 Å². The van der Waals surface area contributed by atoms with Crippen LogP contribution in [0.15, 0.2) is 33.9 Å². The molecule has 2 aromatic rings. The number of hydrazine groups is 1. The Morgan fingerprint density at radius 1 is 1.61 bits per heavy atom. The maximum atomic E-state index is 11.5. The van der Waals surface area contributed by atoms with Gasteiger partial charge in [-0.15, -0.1) is 0 Å². The molecule has 7 heteroatoms. The van der Waals surface area contributed by atoms with Crippen LogP contribution < -0.4 is 17.0 Å². The van der Waals surface area contributed by atoms with E-state index in [1.807, 2.05) is 12.3 Å². The summed E-state index contributed by atoms with van der Waals surface area (Å²) in [5.74, 6) is 4.59. The van der Waals surface area contributed by atoms with Gasteiger partial charge in [-0.2, -0.15) is 0 Å². The largest absolute Gasteiger partial charge is 0.459 e. The lowest BCUT2D eigenvalue weighted by molar-refractivity contribution is 0.0924. The number of hydrogen-bond acceptors (Lipinski definition) is 5. The fourth-order valence-electron chi connectivity index (χ4n) is 1.59. The van der Waals surface area contributed by atoms with Crippen molar-refractivity contribution in [2.24, 2.45) is 5.84 Å². The Bertz CT molecular complexity index is 629. The van der Waals surface area contributed by atoms with Crippen molar-refractivity contribution in [2.75, 3.05) is 0 Å². The summed E-state index contributed by atoms with van der Waals surface area (Å²) in [5, 5.41) is 0. The average molecular weight is 248 g/mol. The van der Waals surface area contributed by atoms with Crippen molar-refractivity contribution in [3.05, 3.63) is 52.1 Å². The number of hydrogen-bond donors (Lipinski definition) is 2. The summed E-state index contributed by atoms with van der Waals surface area (Å²) in [7, 11) is 0. The quantitative estimate of drug-likeness (QED) is 0.444. The fourth-order valence-corrected chi connectivity index (χ4v) is 1.59. The molecule has 0 aliphatic carbocycles. The molecule has 0 bridgehead atoms. The SMILES string of the molecule is Cc1cnc(=O)n(Cc2ccoc2C(=O)NN)c1. The monoisotopic (exact) mass is 248 g/mol. The molecule has 2 heterocycles. The summed E-state index contributed by atoms with van der Waals surface area (Å²) in [5.41, 5.74) is 3.01. The molecule has 0 spiro atoms. The van der Waals surface area contributed by atoms with E-state index in [1.165, 1.54) is 17.0 Å². The number of carbonyl (C=O) groups is 1. The molecule has 0 unspecified atom stereocenters. The van der Waals surface area contributed by atoms with Crippen LogP contribution in [0.1, 0.15) is 21.7 Å². The van der Waals surface area contributed by atoms with E-state index < -0.39 is 5.91 Å². The first kappa shape index (κ1) is 12.1. The summed E-state index contributed by atoms with van der Waals surface area (Å²) < 4.78 is 6.43. The van der Waals surface area contributed by atoms with Crippen molar-refractivity contribution in [3.8, 4) is 0 Å². The predicted octanol–water partition coefficient (Wildman–Crippen LogP) is -0.203. The Kier molecular flexibility index (Phi) is 3.24. The van der Waals surface area contributed by atoms with E-state index in [0.29, 0.717) is 5.56 Å². The molecule has 3 N–H and O–H groups in total. The molecular formula is C11H12N4O3. The van der Waals surface area contributed by atoms with E-state index in [4.69, 9.17) is 10.3 Å². The summed E-state index contributed by atoms with van der Waals surface area (Å²) in [4.78, 5) is 26.7. The minimum Gasteiger partial charge on any atom is -0.459 e. The van der Waals surface area contributed by atoms with Crippen molar-refractivity contribution in [1.82, 2.24) is 15.0 Å². The van der Waals surface area contributed by atoms with Gasteiger partial charge in [0.1, 0.15) is 0 Å². The minimum atomic E-state index is -0.538. The van der Waals surface area contributed by atoms with E-state index in [-0.39, 0.29) is 18.0 Å². The maximum Gasteiger partial charge on any atom is 0.347 e. The molecule has 0 saturated carbocycles. The first-order valence-corrected chi connectivity index (χ1v) is 5.22. The van der Waals surface area contributed by atoms with Gasteiger partial charge in [-0.25, -0.2) is 15.6 Å². The van der Waals surface area contributed by atoms with Gasteiger partial charge < -0.3 is 4.42 Å². The van der Waals surface area contributed by atoms with Gasteiger partial charge in [0.25, 0.3) is 0 Å². The third-order valence-electron chi connectivity index (χ3n) is 2.41. The molecule has 94 valence electrons. The predicted molar refractivity (Wildman–Crippen MR) is 62.7 cm³/mol. The van der Waals surface area contributed by atoms with E-state index in [0.717, 1.165) is 5.56 Å². The molecule has 0 aliphatic rings. The highest BCUT2D eigenvalue weighted by molar-refractivity contribution is 5.92. The standard InChI is InChI=1S/C11H12N4O3/c1-7-4-13-11(17)15(5-7)6-8-2-3-18-9(8)10(16)14-12/h2-5H,6,12H2,1H3,(H,14,16). The van der Waals surface area contributed by atoms with Gasteiger partial charge in [-0.1, -0.05) is 0 Å². The molecule has 0 radical (unpaired) electrons. The van der Waals surface area contributed by atoms with Crippen molar-refractivity contribution >= 4 is 5.91 Å². The topological polar surface area (TPSA) is 103 Å². The average Bonchev–Trinajstić information content (AvgIpc) is 2.81. The van der Waals surface area contributed by atoms with Gasteiger partial charge in [-0.3, -0.25) is 14.8 Å². The summed E-state index contributed by atoms with van der Waals surface area (Å²) >= 11 is 0. The van der Waals surface area contributed by atoms with Crippen LogP contribution in [0.5, 0.6) is 0 Å². The highest BCUT2D eigenvalue weighted by Gasteiger charge is 2.14. The molecule has 2 rings (SSSR count). The Morgan fingerprint density at radius 2 is 2.39 bits per heavy atom. The van der Waals surface area contributed by atoms with Gasteiger partial charge in [0, 0.05) is 18.0 Å². The number of aromatic nitrogens is 2. The van der Waals surface area contributed by atoms with Crippen LogP contribution in [0, 0.1) is 6.92 Å². The van der Waals surface area contributed by atoms with Crippen LogP contribution >= 0.6 is 0 Å². The minimum absolute atomic E-state index is 0.0888. The number of aryl methyl sites for hydroxylation is 1. The normalized spacial score (nSPS) is 10.3. The summed E-state index contributed by atoms with van der Waals surface area (Å²) in [6, 6.07) is 1.61. The lowest BCUT2D eigenvalue weighted by Crippen LogP contribution is -2.31. The van der Waals surface area contributed by atoms with Crippen LogP contribution in [-0.2, 0) is 6.54 Å². The smallest absolute Gasteiger partial charge is 0.347 e. The summed E-state index contributed by atoms with van der Waals surface area (Å²) in [6.07, 6.45) is 4.52. The van der Waals surface area contributed by atoms with Crippen LogP contribution in [-0.4, -0.2) is 15.5 Å². The van der Waals surface area contributed by atoms with Gasteiger partial charge in [0.15, 0.2) is 5.76 Å². The van der Waals surface area contributed by atoms with Gasteiger partial charge in [0.2, 0.25) is 0 Å². The number of rotatable bonds is 3. The molecule has 0 saturated heterocycles. The zero-order valence-corrected chi connectivity index (χ0v) is 9.71. The van der Waals surface area contributed by atoms with E-state index in [9.17, 15) is 9.59 Å². The van der Waals surface area contributed by atoms with Gasteiger partial charge in [0.05, 0.1) is 12.8 Å². The summed E-state index contributed by atoms with van der Waals surface area (Å²) in [6.45, 7) is 2.03. The van der Waals surface area contributed by atoms with Crippen LogP contribution in [0.4, 0.5) is 0 Å². The van der Waals surface area contributed by atoms with Crippen molar-refractivity contribution in [3.63, 3.8) is 0 Å². The number of nitrogen functional groups attached to an aromatic ring is 1. The third kappa shape index (κ3) is 2.30. The van der Waals surface area contributed by atoms with Crippen LogP contribution in [0.2, 0.25) is 0 Å². The number of nitrogens with one attached hydrogen (secondary N) is 1. The van der Waals surface area contributed by atoms with Crippen molar-refractivity contribution in [2.45, 2.75) is 13.5 Å². The molecule has 1 amide bonds. The fraction of sp³-hybridized carbons (Fsp3) is 0.182. The van der Waals surface area contributed by atoms with Crippen LogP contribution in [0.3, 0.4) is 0 Å². The Hall–Kier alpha value is -2.41. The van der Waals surface area contributed by atoms with E-state index >= 15 is 0 Å². The Labute approximate surface area is 102 Å². The first-order valence-electron chi connectivity index (χ1n) is 5.22. The second-order valence-electron chi connectivity index (χ2n) is 3.79. The zero-order valence-electron chi connectivity index (χ0n) is 9.71. The Balaban J connectivity index is 2.35. The number of amides is 1. The third-order valence-corrected chi connectivity index (χ3v) is 2.41. The molecule has 0 atom stereocenters. The van der Waals surface area contributed by atoms with E-state index in [1.54, 1.807) is 12.3 Å². The number of nitrogens with zero attached hydrogens (tertiary/aromatic N) is 2. The van der Waals surface area contributed by atoms with Crippen molar-refractivity contribution < 1.29 is 9.21 Å². The highest BCUT2D eigenvalue weighted by atomic mass is 16.3. The second kappa shape index (κ2) is 4.84. The first-order chi connectivity index (χ1) is 8.61. The molecule has 2 aromatic heterocycles. The number of carbonyl (C=O) groups excluding carboxylic acids is 1. The zero-order chi connectivity index (χ0) is 13.1. The molecule has 0 aliphatic heterocycles. The molecule has 0 aromatic carbocycles. The number of nitrogens with two attached hydrogens (primary N) is 1. The van der Waals surface area contributed by atoms with Crippen LogP contribution in [0.25, 0.3) is 0 Å². The number of furan rings is 1. The maximum absolute atomic E-state index is 11.5. The molecule has 7 nitrogen and oxygen atoms in total.